The number of ether oxygens (including phenoxy) is 2. The van der Waals surface area contributed by atoms with Gasteiger partial charge in [0.15, 0.2) is 0 Å². The topological polar surface area (TPSA) is 59.0 Å². The Labute approximate surface area is 116 Å². The second kappa shape index (κ2) is 6.23. The number of morpholine rings is 1. The average Bonchev–Trinajstić information content (AvgIpc) is 2.37. The van der Waals surface area contributed by atoms with E-state index in [9.17, 15) is 4.79 Å². The SMILES string of the molecule is CN1CCOC(COc2ccc(Cl)c(C(=O)O)c2)C1. The molecule has 0 radical (unpaired) electrons. The number of benzene rings is 1. The third kappa shape index (κ3) is 3.83. The third-order valence-electron chi connectivity index (χ3n) is 2.95. The summed E-state index contributed by atoms with van der Waals surface area (Å²) < 4.78 is 11.1. The summed E-state index contributed by atoms with van der Waals surface area (Å²) in [5.41, 5.74) is 0.0425. The molecule has 0 bridgehead atoms. The van der Waals surface area contributed by atoms with Crippen molar-refractivity contribution < 1.29 is 19.4 Å². The predicted octanol–water partition coefficient (Wildman–Crippen LogP) is 1.75. The molecule has 1 aromatic carbocycles. The van der Waals surface area contributed by atoms with Crippen molar-refractivity contribution in [3.05, 3.63) is 28.8 Å². The summed E-state index contributed by atoms with van der Waals surface area (Å²) in [6.07, 6.45) is 0.00251. The molecule has 1 N–H and O–H groups in total. The van der Waals surface area contributed by atoms with Crippen LogP contribution in [0.1, 0.15) is 10.4 Å². The van der Waals surface area contributed by atoms with Gasteiger partial charge in [-0.25, -0.2) is 4.79 Å². The first kappa shape index (κ1) is 14.1. The summed E-state index contributed by atoms with van der Waals surface area (Å²) in [5.74, 6) is -0.581. The Hall–Kier alpha value is -1.30. The van der Waals surface area contributed by atoms with Crippen LogP contribution in [0, 0.1) is 0 Å². The molecule has 2 rings (SSSR count). The number of nitrogens with zero attached hydrogens (tertiary/aromatic N) is 1. The Morgan fingerprint density at radius 3 is 3.11 bits per heavy atom. The Balaban J connectivity index is 1.96. The quantitative estimate of drug-likeness (QED) is 0.913. The number of rotatable bonds is 4. The molecule has 0 saturated carbocycles. The van der Waals surface area contributed by atoms with Crippen LogP contribution in [0.4, 0.5) is 0 Å². The van der Waals surface area contributed by atoms with Gasteiger partial charge < -0.3 is 19.5 Å². The van der Waals surface area contributed by atoms with Gasteiger partial charge in [-0.05, 0) is 25.2 Å². The van der Waals surface area contributed by atoms with Crippen LogP contribution < -0.4 is 4.74 Å². The van der Waals surface area contributed by atoms with E-state index < -0.39 is 5.97 Å². The maximum Gasteiger partial charge on any atom is 0.337 e. The first-order valence-electron chi connectivity index (χ1n) is 6.02. The number of carbonyl (C=O) groups is 1. The Morgan fingerprint density at radius 1 is 1.63 bits per heavy atom. The number of likely N-dealkylation sites (N-methyl/N-ethyl adjacent to an activating group) is 1. The second-order valence-electron chi connectivity index (χ2n) is 4.51. The number of hydrogen-bond acceptors (Lipinski definition) is 4. The molecule has 1 aliphatic heterocycles. The molecule has 1 aliphatic rings. The minimum Gasteiger partial charge on any atom is -0.491 e. The fourth-order valence-electron chi connectivity index (χ4n) is 1.91. The zero-order chi connectivity index (χ0) is 13.8. The van der Waals surface area contributed by atoms with Crippen LogP contribution in [0.5, 0.6) is 5.75 Å². The summed E-state index contributed by atoms with van der Waals surface area (Å²) in [6.45, 7) is 2.80. The average molecular weight is 286 g/mol. The summed E-state index contributed by atoms with van der Waals surface area (Å²) in [6, 6.07) is 4.60. The van der Waals surface area contributed by atoms with Crippen molar-refractivity contribution in [3.63, 3.8) is 0 Å². The number of carboxylic acids is 1. The fraction of sp³-hybridized carbons (Fsp3) is 0.462. The second-order valence-corrected chi connectivity index (χ2v) is 4.92. The van der Waals surface area contributed by atoms with E-state index >= 15 is 0 Å². The molecule has 1 heterocycles. The lowest BCUT2D eigenvalue weighted by Crippen LogP contribution is -2.42. The van der Waals surface area contributed by atoms with Gasteiger partial charge in [-0.1, -0.05) is 11.6 Å². The monoisotopic (exact) mass is 285 g/mol. The van der Waals surface area contributed by atoms with E-state index in [-0.39, 0.29) is 16.7 Å². The van der Waals surface area contributed by atoms with E-state index in [1.165, 1.54) is 12.1 Å². The molecule has 6 heteroatoms. The lowest BCUT2D eigenvalue weighted by Gasteiger charge is -2.29. The molecule has 5 nitrogen and oxygen atoms in total. The van der Waals surface area contributed by atoms with Crippen molar-refractivity contribution in [1.82, 2.24) is 4.90 Å². The predicted molar refractivity (Wildman–Crippen MR) is 71.1 cm³/mol. The Kier molecular flexibility index (Phi) is 4.63. The van der Waals surface area contributed by atoms with Crippen LogP contribution in [0.25, 0.3) is 0 Å². The maximum atomic E-state index is 11.0. The molecule has 0 aliphatic carbocycles. The number of carboxylic acid groups (broad SMARTS) is 1. The zero-order valence-corrected chi connectivity index (χ0v) is 11.4. The molecular weight excluding hydrogens is 270 g/mol. The van der Waals surface area contributed by atoms with Crippen LogP contribution in [0.2, 0.25) is 5.02 Å². The lowest BCUT2D eigenvalue weighted by atomic mass is 10.2. The van der Waals surface area contributed by atoms with Crippen molar-refractivity contribution >= 4 is 17.6 Å². The largest absolute Gasteiger partial charge is 0.491 e. The highest BCUT2D eigenvalue weighted by molar-refractivity contribution is 6.33. The molecule has 1 unspecified atom stereocenters. The molecule has 0 spiro atoms. The van der Waals surface area contributed by atoms with Crippen molar-refractivity contribution in [3.8, 4) is 5.75 Å². The molecule has 0 aromatic heterocycles. The molecular formula is C13H16ClNO4. The van der Waals surface area contributed by atoms with Gasteiger partial charge in [0.25, 0.3) is 0 Å². The molecule has 0 amide bonds. The van der Waals surface area contributed by atoms with Crippen LogP contribution in [0.15, 0.2) is 18.2 Å². The zero-order valence-electron chi connectivity index (χ0n) is 10.6. The number of halogens is 1. The first-order valence-corrected chi connectivity index (χ1v) is 6.40. The first-order chi connectivity index (χ1) is 9.06. The summed E-state index contributed by atoms with van der Waals surface area (Å²) in [4.78, 5) is 13.1. The Morgan fingerprint density at radius 2 is 2.42 bits per heavy atom. The molecule has 1 atom stereocenters. The smallest absolute Gasteiger partial charge is 0.337 e. The van der Waals surface area contributed by atoms with Gasteiger partial charge >= 0.3 is 5.97 Å². The van der Waals surface area contributed by atoms with Crippen LogP contribution in [-0.4, -0.2) is 55.4 Å². The number of hydrogen-bond donors (Lipinski definition) is 1. The van der Waals surface area contributed by atoms with Gasteiger partial charge in [0.1, 0.15) is 18.5 Å². The lowest BCUT2D eigenvalue weighted by molar-refractivity contribution is -0.0403. The minimum absolute atomic E-state index is 0.00251. The minimum atomic E-state index is -1.07. The van der Waals surface area contributed by atoms with Gasteiger partial charge in [0.2, 0.25) is 0 Å². The standard InChI is InChI=1S/C13H16ClNO4/c1-15-4-5-18-10(7-15)8-19-9-2-3-12(14)11(6-9)13(16)17/h2-3,6,10H,4-5,7-8H2,1H3,(H,16,17). The van der Waals surface area contributed by atoms with Crippen molar-refractivity contribution in [2.75, 3.05) is 33.4 Å². The molecule has 1 saturated heterocycles. The highest BCUT2D eigenvalue weighted by atomic mass is 35.5. The normalized spacial score (nSPS) is 20.2. The summed E-state index contributed by atoms with van der Waals surface area (Å²) in [5, 5.41) is 9.17. The summed E-state index contributed by atoms with van der Waals surface area (Å²) >= 11 is 5.79. The molecule has 19 heavy (non-hydrogen) atoms. The fourth-order valence-corrected chi connectivity index (χ4v) is 2.11. The van der Waals surface area contributed by atoms with Crippen LogP contribution >= 0.6 is 11.6 Å². The molecule has 1 fully saturated rings. The van der Waals surface area contributed by atoms with Crippen LogP contribution in [-0.2, 0) is 4.74 Å². The van der Waals surface area contributed by atoms with Gasteiger partial charge in [-0.3, -0.25) is 0 Å². The highest BCUT2D eigenvalue weighted by Gasteiger charge is 2.18. The van der Waals surface area contributed by atoms with E-state index in [1.54, 1.807) is 6.07 Å². The van der Waals surface area contributed by atoms with Gasteiger partial charge in [0.05, 0.1) is 17.2 Å². The van der Waals surface area contributed by atoms with Crippen LogP contribution in [0.3, 0.4) is 0 Å². The molecule has 104 valence electrons. The van der Waals surface area contributed by atoms with E-state index in [0.717, 1.165) is 13.1 Å². The van der Waals surface area contributed by atoms with Crippen molar-refractivity contribution in [2.45, 2.75) is 6.10 Å². The number of aromatic carboxylic acids is 1. The van der Waals surface area contributed by atoms with E-state index in [2.05, 4.69) is 4.90 Å². The Bertz CT molecular complexity index is 466. The third-order valence-corrected chi connectivity index (χ3v) is 3.28. The van der Waals surface area contributed by atoms with Gasteiger partial charge in [-0.15, -0.1) is 0 Å². The summed E-state index contributed by atoms with van der Waals surface area (Å²) in [7, 11) is 2.03. The maximum absolute atomic E-state index is 11.0. The van der Waals surface area contributed by atoms with E-state index in [0.29, 0.717) is 19.0 Å². The van der Waals surface area contributed by atoms with Gasteiger partial charge in [0, 0.05) is 13.1 Å². The molecule has 1 aromatic rings. The van der Waals surface area contributed by atoms with Gasteiger partial charge in [-0.2, -0.15) is 0 Å². The van der Waals surface area contributed by atoms with E-state index in [1.807, 2.05) is 7.05 Å². The van der Waals surface area contributed by atoms with Crippen molar-refractivity contribution in [2.24, 2.45) is 0 Å². The highest BCUT2D eigenvalue weighted by Crippen LogP contribution is 2.22. The van der Waals surface area contributed by atoms with E-state index in [4.69, 9.17) is 26.2 Å². The van der Waals surface area contributed by atoms with Crippen molar-refractivity contribution in [1.29, 1.82) is 0 Å².